The van der Waals surface area contributed by atoms with E-state index in [1.165, 1.54) is 23.7 Å². The lowest BCUT2D eigenvalue weighted by Gasteiger charge is -2.40. The van der Waals surface area contributed by atoms with Gasteiger partial charge in [0.1, 0.15) is 0 Å². The van der Waals surface area contributed by atoms with Crippen molar-refractivity contribution in [3.63, 3.8) is 0 Å². The van der Waals surface area contributed by atoms with Crippen LogP contribution >= 0.6 is 0 Å². The molecule has 0 unspecified atom stereocenters. The SMILES string of the molecule is C1C[C@@H]2CC[C@H]3CCC[C@H](C1)[C@@H]32. The highest BCUT2D eigenvalue weighted by Gasteiger charge is 2.44. The molecule has 0 aliphatic heterocycles. The quantitative estimate of drug-likeness (QED) is 0.513. The average Bonchev–Trinajstić information content (AvgIpc) is 2.52. The topological polar surface area (TPSA) is 0 Å². The van der Waals surface area contributed by atoms with Crippen LogP contribution in [0, 0.1) is 23.7 Å². The van der Waals surface area contributed by atoms with E-state index >= 15 is 0 Å². The maximum absolute atomic E-state index is 1.59. The lowest BCUT2D eigenvalue weighted by Crippen LogP contribution is -2.31. The Bertz CT molecular complexity index is 155. The first-order valence-corrected chi connectivity index (χ1v) is 5.95. The summed E-state index contributed by atoms with van der Waals surface area (Å²) in [6.07, 6.45) is 12.6. The van der Waals surface area contributed by atoms with Gasteiger partial charge in [0, 0.05) is 0 Å². The van der Waals surface area contributed by atoms with Gasteiger partial charge < -0.3 is 0 Å². The van der Waals surface area contributed by atoms with E-state index in [4.69, 9.17) is 0 Å². The molecular formula is C12H20. The molecule has 0 saturated heterocycles. The molecule has 0 heteroatoms. The third-order valence-electron chi connectivity index (χ3n) is 4.84. The second-order valence-electron chi connectivity index (χ2n) is 5.30. The molecule has 3 fully saturated rings. The molecule has 2 atom stereocenters. The highest BCUT2D eigenvalue weighted by atomic mass is 14.5. The maximum atomic E-state index is 1.59. The van der Waals surface area contributed by atoms with Crippen LogP contribution < -0.4 is 0 Å². The van der Waals surface area contributed by atoms with Crippen molar-refractivity contribution in [2.24, 2.45) is 23.7 Å². The molecule has 0 nitrogen and oxygen atoms in total. The summed E-state index contributed by atoms with van der Waals surface area (Å²) in [5.41, 5.74) is 0. The maximum Gasteiger partial charge on any atom is -0.0329 e. The molecule has 3 rings (SSSR count). The van der Waals surface area contributed by atoms with Crippen molar-refractivity contribution in [2.45, 2.75) is 51.4 Å². The average molecular weight is 164 g/mol. The van der Waals surface area contributed by atoms with Gasteiger partial charge in [-0.3, -0.25) is 0 Å². The molecule has 12 heavy (non-hydrogen) atoms. The van der Waals surface area contributed by atoms with Crippen molar-refractivity contribution in [2.75, 3.05) is 0 Å². The highest BCUT2D eigenvalue weighted by molar-refractivity contribution is 4.94. The summed E-state index contributed by atoms with van der Waals surface area (Å²) >= 11 is 0. The first-order valence-electron chi connectivity index (χ1n) is 5.95. The summed E-state index contributed by atoms with van der Waals surface area (Å²) in [7, 11) is 0. The van der Waals surface area contributed by atoms with Crippen LogP contribution in [0.25, 0.3) is 0 Å². The van der Waals surface area contributed by atoms with Crippen molar-refractivity contribution >= 4 is 0 Å². The van der Waals surface area contributed by atoms with Gasteiger partial charge in [0.2, 0.25) is 0 Å². The normalized spacial score (nSPS) is 52.0. The second-order valence-corrected chi connectivity index (χ2v) is 5.30. The van der Waals surface area contributed by atoms with Crippen molar-refractivity contribution in [1.29, 1.82) is 0 Å². The number of hydrogen-bond acceptors (Lipinski definition) is 0. The van der Waals surface area contributed by atoms with Gasteiger partial charge in [-0.1, -0.05) is 38.5 Å². The molecule has 0 spiro atoms. The van der Waals surface area contributed by atoms with Crippen molar-refractivity contribution in [3.05, 3.63) is 0 Å². The lowest BCUT2D eigenvalue weighted by molar-refractivity contribution is 0.0951. The Balaban J connectivity index is 1.84. The fourth-order valence-electron chi connectivity index (χ4n) is 4.46. The van der Waals surface area contributed by atoms with E-state index in [-0.39, 0.29) is 0 Å². The first kappa shape index (κ1) is 7.41. The summed E-state index contributed by atoms with van der Waals surface area (Å²) < 4.78 is 0. The predicted octanol–water partition coefficient (Wildman–Crippen LogP) is 3.61. The van der Waals surface area contributed by atoms with Crippen LogP contribution in [0.3, 0.4) is 0 Å². The Morgan fingerprint density at radius 3 is 1.42 bits per heavy atom. The van der Waals surface area contributed by atoms with Gasteiger partial charge in [0.05, 0.1) is 0 Å². The summed E-state index contributed by atoms with van der Waals surface area (Å²) in [5.74, 6) is 4.72. The molecule has 0 amide bonds. The van der Waals surface area contributed by atoms with E-state index in [0.29, 0.717) is 0 Å². The molecule has 0 aromatic carbocycles. The van der Waals surface area contributed by atoms with Crippen LogP contribution in [0.15, 0.2) is 0 Å². The minimum absolute atomic E-state index is 1.17. The van der Waals surface area contributed by atoms with Gasteiger partial charge >= 0.3 is 0 Å². The van der Waals surface area contributed by atoms with Crippen LogP contribution in [-0.4, -0.2) is 0 Å². The van der Waals surface area contributed by atoms with Crippen LogP contribution in [0.2, 0.25) is 0 Å². The molecule has 3 aliphatic carbocycles. The smallest absolute Gasteiger partial charge is 0.0329 e. The Labute approximate surface area is 75.7 Å². The van der Waals surface area contributed by atoms with Crippen molar-refractivity contribution < 1.29 is 0 Å². The minimum atomic E-state index is 1.17. The van der Waals surface area contributed by atoms with Gasteiger partial charge in [-0.15, -0.1) is 0 Å². The Morgan fingerprint density at radius 1 is 0.500 bits per heavy atom. The van der Waals surface area contributed by atoms with Gasteiger partial charge in [-0.2, -0.15) is 0 Å². The van der Waals surface area contributed by atoms with Gasteiger partial charge in [-0.25, -0.2) is 0 Å². The molecule has 0 bridgehead atoms. The summed E-state index contributed by atoms with van der Waals surface area (Å²) in [5, 5.41) is 0. The first-order chi connectivity index (χ1) is 5.95. The molecule has 0 radical (unpaired) electrons. The van der Waals surface area contributed by atoms with E-state index in [2.05, 4.69) is 0 Å². The largest absolute Gasteiger partial charge is 0.0528 e. The van der Waals surface area contributed by atoms with E-state index in [1.54, 1.807) is 51.4 Å². The van der Waals surface area contributed by atoms with Gasteiger partial charge in [-0.05, 0) is 36.5 Å². The molecule has 0 N–H and O–H groups in total. The highest BCUT2D eigenvalue weighted by Crippen LogP contribution is 2.54. The van der Waals surface area contributed by atoms with Crippen LogP contribution in [0.4, 0.5) is 0 Å². The molecular weight excluding hydrogens is 144 g/mol. The lowest BCUT2D eigenvalue weighted by atomic mass is 9.65. The fourth-order valence-corrected chi connectivity index (χ4v) is 4.46. The summed E-state index contributed by atoms with van der Waals surface area (Å²) in [6, 6.07) is 0. The summed E-state index contributed by atoms with van der Waals surface area (Å²) in [4.78, 5) is 0. The molecule has 0 heterocycles. The van der Waals surface area contributed by atoms with Crippen molar-refractivity contribution in [3.8, 4) is 0 Å². The number of hydrogen-bond donors (Lipinski definition) is 0. The molecule has 0 aromatic rings. The number of rotatable bonds is 0. The zero-order valence-electron chi connectivity index (χ0n) is 7.97. The zero-order valence-corrected chi connectivity index (χ0v) is 7.97. The second kappa shape index (κ2) is 2.75. The summed E-state index contributed by atoms with van der Waals surface area (Å²) in [6.45, 7) is 0. The van der Waals surface area contributed by atoms with E-state index < -0.39 is 0 Å². The Kier molecular flexibility index (Phi) is 1.70. The Morgan fingerprint density at radius 2 is 0.917 bits per heavy atom. The van der Waals surface area contributed by atoms with Gasteiger partial charge in [0.15, 0.2) is 0 Å². The van der Waals surface area contributed by atoms with E-state index in [9.17, 15) is 0 Å². The molecule has 68 valence electrons. The molecule has 3 saturated carbocycles. The van der Waals surface area contributed by atoms with Gasteiger partial charge in [0.25, 0.3) is 0 Å². The van der Waals surface area contributed by atoms with E-state index in [1.807, 2.05) is 0 Å². The zero-order chi connectivity index (χ0) is 7.97. The van der Waals surface area contributed by atoms with E-state index in [0.717, 1.165) is 0 Å². The van der Waals surface area contributed by atoms with Crippen molar-refractivity contribution in [1.82, 2.24) is 0 Å². The molecule has 0 aromatic heterocycles. The standard InChI is InChI=1S/C12H20/c1-3-9-4-2-6-11-8-7-10(5-1)12(9)11/h9-12H,1-8H2/t9-,10-,11-,12+/m1/s1. The minimum Gasteiger partial charge on any atom is -0.0528 e. The van der Waals surface area contributed by atoms with Crippen LogP contribution in [-0.2, 0) is 0 Å². The van der Waals surface area contributed by atoms with Crippen LogP contribution in [0.5, 0.6) is 0 Å². The van der Waals surface area contributed by atoms with Crippen LogP contribution in [0.1, 0.15) is 51.4 Å². The Hall–Kier alpha value is 0. The predicted molar refractivity (Wildman–Crippen MR) is 50.9 cm³/mol. The third-order valence-corrected chi connectivity index (χ3v) is 4.84. The monoisotopic (exact) mass is 164 g/mol. The fraction of sp³-hybridized carbons (Fsp3) is 1.00. The third kappa shape index (κ3) is 0.963. The molecule has 3 aliphatic rings.